The Bertz CT molecular complexity index is 573. The van der Waals surface area contributed by atoms with E-state index in [1.54, 1.807) is 12.1 Å². The Kier molecular flexibility index (Phi) is 4.07. The van der Waals surface area contributed by atoms with Gasteiger partial charge in [0.15, 0.2) is 0 Å². The smallest absolute Gasteiger partial charge is 0.248 e. The normalized spacial score (nSPS) is 10.2. The highest BCUT2D eigenvalue weighted by Gasteiger charge is 2.04. The molecule has 4 heteroatoms. The van der Waals surface area contributed by atoms with Gasteiger partial charge >= 0.3 is 0 Å². The van der Waals surface area contributed by atoms with E-state index >= 15 is 0 Å². The fourth-order valence-electron chi connectivity index (χ4n) is 1.83. The van der Waals surface area contributed by atoms with Crippen molar-refractivity contribution in [3.05, 3.63) is 64.2 Å². The quantitative estimate of drug-likeness (QED) is 0.898. The molecular formula is C15H15ClN2O. The largest absolute Gasteiger partial charge is 0.380 e. The first-order chi connectivity index (χ1) is 9.08. The minimum Gasteiger partial charge on any atom is -0.380 e. The Hall–Kier alpha value is -2.00. The first-order valence-corrected chi connectivity index (χ1v) is 6.33. The third-order valence-electron chi connectivity index (χ3n) is 2.93. The molecular weight excluding hydrogens is 260 g/mol. The van der Waals surface area contributed by atoms with Crippen molar-refractivity contribution >= 4 is 23.2 Å². The third kappa shape index (κ3) is 3.26. The van der Waals surface area contributed by atoms with Gasteiger partial charge in [-0.25, -0.2) is 0 Å². The van der Waals surface area contributed by atoms with Crippen LogP contribution in [0.25, 0.3) is 0 Å². The van der Waals surface area contributed by atoms with Crippen LogP contribution in [0.15, 0.2) is 42.5 Å². The van der Waals surface area contributed by atoms with Crippen molar-refractivity contribution in [1.82, 2.24) is 0 Å². The lowest BCUT2D eigenvalue weighted by molar-refractivity contribution is 0.100. The lowest BCUT2D eigenvalue weighted by atomic mass is 10.1. The molecule has 3 N–H and O–H groups in total. The van der Waals surface area contributed by atoms with Gasteiger partial charge in [0.05, 0.1) is 10.7 Å². The number of primary amides is 1. The van der Waals surface area contributed by atoms with Crippen LogP contribution in [0.2, 0.25) is 5.02 Å². The second-order valence-electron chi connectivity index (χ2n) is 4.35. The molecule has 0 bridgehead atoms. The van der Waals surface area contributed by atoms with Gasteiger partial charge in [-0.2, -0.15) is 0 Å². The summed E-state index contributed by atoms with van der Waals surface area (Å²) in [5, 5.41) is 4.00. The number of para-hydroxylation sites is 1. The Morgan fingerprint density at radius 3 is 2.47 bits per heavy atom. The fraction of sp³-hybridized carbons (Fsp3) is 0.133. The molecule has 2 aromatic carbocycles. The van der Waals surface area contributed by atoms with Crippen molar-refractivity contribution in [3.63, 3.8) is 0 Å². The molecule has 0 aromatic heterocycles. The average Bonchev–Trinajstić information content (AvgIpc) is 2.38. The van der Waals surface area contributed by atoms with E-state index in [9.17, 15) is 4.79 Å². The molecule has 19 heavy (non-hydrogen) atoms. The zero-order chi connectivity index (χ0) is 13.8. The van der Waals surface area contributed by atoms with Crippen LogP contribution >= 0.6 is 11.6 Å². The highest BCUT2D eigenvalue weighted by Crippen LogP contribution is 2.25. The summed E-state index contributed by atoms with van der Waals surface area (Å²) >= 11 is 6.14. The van der Waals surface area contributed by atoms with Crippen LogP contribution < -0.4 is 11.1 Å². The Labute approximate surface area is 117 Å². The van der Waals surface area contributed by atoms with Crippen LogP contribution in [0.5, 0.6) is 0 Å². The predicted octanol–water partition coefficient (Wildman–Crippen LogP) is 3.36. The number of benzene rings is 2. The second kappa shape index (κ2) is 5.76. The van der Waals surface area contributed by atoms with Crippen LogP contribution in [0.3, 0.4) is 0 Å². The first kappa shape index (κ1) is 13.4. The molecule has 0 saturated carbocycles. The van der Waals surface area contributed by atoms with Gasteiger partial charge in [0.25, 0.3) is 0 Å². The molecule has 3 nitrogen and oxygen atoms in total. The summed E-state index contributed by atoms with van der Waals surface area (Å²) in [5.41, 5.74) is 8.80. The van der Waals surface area contributed by atoms with Crippen LogP contribution in [-0.4, -0.2) is 5.91 Å². The number of anilines is 1. The standard InChI is InChI=1S/C15H15ClN2O/c1-10-3-2-4-13(16)14(10)18-9-11-5-7-12(8-6-11)15(17)19/h2-8,18H,9H2,1H3,(H2,17,19). The molecule has 0 aliphatic carbocycles. The van der Waals surface area contributed by atoms with Gasteiger partial charge in [-0.1, -0.05) is 35.9 Å². The van der Waals surface area contributed by atoms with E-state index in [4.69, 9.17) is 17.3 Å². The van der Waals surface area contributed by atoms with Crippen LogP contribution in [0.4, 0.5) is 5.69 Å². The summed E-state index contributed by atoms with van der Waals surface area (Å²) in [6.45, 7) is 2.65. The first-order valence-electron chi connectivity index (χ1n) is 5.95. The highest BCUT2D eigenvalue weighted by atomic mass is 35.5. The number of halogens is 1. The van der Waals surface area contributed by atoms with Crippen molar-refractivity contribution in [3.8, 4) is 0 Å². The maximum Gasteiger partial charge on any atom is 0.248 e. The van der Waals surface area contributed by atoms with E-state index in [2.05, 4.69) is 5.32 Å². The van der Waals surface area contributed by atoms with Gasteiger partial charge in [0.2, 0.25) is 5.91 Å². The number of carbonyl (C=O) groups is 1. The molecule has 0 unspecified atom stereocenters. The summed E-state index contributed by atoms with van der Waals surface area (Å²) in [5.74, 6) is -0.415. The van der Waals surface area contributed by atoms with Crippen molar-refractivity contribution in [2.45, 2.75) is 13.5 Å². The van der Waals surface area contributed by atoms with Crippen molar-refractivity contribution in [2.75, 3.05) is 5.32 Å². The van der Waals surface area contributed by atoms with Crippen LogP contribution in [-0.2, 0) is 6.54 Å². The number of carbonyl (C=O) groups excluding carboxylic acids is 1. The van der Waals surface area contributed by atoms with Crippen LogP contribution in [0, 0.1) is 6.92 Å². The molecule has 0 aliphatic heterocycles. The zero-order valence-electron chi connectivity index (χ0n) is 10.6. The minimum absolute atomic E-state index is 0.415. The summed E-state index contributed by atoms with van der Waals surface area (Å²) in [6.07, 6.45) is 0. The number of aryl methyl sites for hydroxylation is 1. The molecule has 0 fully saturated rings. The highest BCUT2D eigenvalue weighted by molar-refractivity contribution is 6.33. The van der Waals surface area contributed by atoms with E-state index in [1.165, 1.54) is 0 Å². The summed E-state index contributed by atoms with van der Waals surface area (Å²) in [6, 6.07) is 13.0. The van der Waals surface area contributed by atoms with Crippen LogP contribution in [0.1, 0.15) is 21.5 Å². The lowest BCUT2D eigenvalue weighted by Crippen LogP contribution is -2.10. The van der Waals surface area contributed by atoms with E-state index in [0.717, 1.165) is 16.8 Å². The average molecular weight is 275 g/mol. The summed E-state index contributed by atoms with van der Waals surface area (Å²) in [7, 11) is 0. The number of hydrogen-bond donors (Lipinski definition) is 2. The molecule has 2 aromatic rings. The Morgan fingerprint density at radius 1 is 1.21 bits per heavy atom. The molecule has 0 saturated heterocycles. The topological polar surface area (TPSA) is 55.1 Å². The van der Waals surface area contributed by atoms with Crippen molar-refractivity contribution < 1.29 is 4.79 Å². The summed E-state index contributed by atoms with van der Waals surface area (Å²) < 4.78 is 0. The molecule has 0 heterocycles. The molecule has 0 atom stereocenters. The van der Waals surface area contributed by atoms with Gasteiger partial charge in [-0.3, -0.25) is 4.79 Å². The molecule has 2 rings (SSSR count). The van der Waals surface area contributed by atoms with Gasteiger partial charge in [-0.15, -0.1) is 0 Å². The van der Waals surface area contributed by atoms with Crippen molar-refractivity contribution in [1.29, 1.82) is 0 Å². The third-order valence-corrected chi connectivity index (χ3v) is 3.24. The molecule has 0 spiro atoms. The Morgan fingerprint density at radius 2 is 1.89 bits per heavy atom. The SMILES string of the molecule is Cc1cccc(Cl)c1NCc1ccc(C(N)=O)cc1. The monoisotopic (exact) mass is 274 g/mol. The maximum absolute atomic E-state index is 11.0. The minimum atomic E-state index is -0.415. The Balaban J connectivity index is 2.08. The van der Waals surface area contributed by atoms with E-state index < -0.39 is 5.91 Å². The van der Waals surface area contributed by atoms with E-state index in [-0.39, 0.29) is 0 Å². The second-order valence-corrected chi connectivity index (χ2v) is 4.75. The van der Waals surface area contributed by atoms with E-state index in [1.807, 2.05) is 37.3 Å². The van der Waals surface area contributed by atoms with Gasteiger partial charge < -0.3 is 11.1 Å². The maximum atomic E-state index is 11.0. The zero-order valence-corrected chi connectivity index (χ0v) is 11.4. The number of hydrogen-bond acceptors (Lipinski definition) is 2. The number of nitrogens with one attached hydrogen (secondary N) is 1. The van der Waals surface area contributed by atoms with Gasteiger partial charge in [-0.05, 0) is 36.2 Å². The number of nitrogens with two attached hydrogens (primary N) is 1. The lowest BCUT2D eigenvalue weighted by Gasteiger charge is -2.11. The molecule has 0 radical (unpaired) electrons. The van der Waals surface area contributed by atoms with Gasteiger partial charge in [0, 0.05) is 12.1 Å². The summed E-state index contributed by atoms with van der Waals surface area (Å²) in [4.78, 5) is 11.0. The van der Waals surface area contributed by atoms with Gasteiger partial charge in [0.1, 0.15) is 0 Å². The number of amides is 1. The molecule has 1 amide bonds. The fourth-order valence-corrected chi connectivity index (χ4v) is 2.12. The predicted molar refractivity (Wildman–Crippen MR) is 78.5 cm³/mol. The van der Waals surface area contributed by atoms with Crippen molar-refractivity contribution in [2.24, 2.45) is 5.73 Å². The number of rotatable bonds is 4. The molecule has 98 valence electrons. The molecule has 0 aliphatic rings. The van der Waals surface area contributed by atoms with E-state index in [0.29, 0.717) is 17.1 Å².